The summed E-state index contributed by atoms with van der Waals surface area (Å²) in [6.07, 6.45) is 5.09. The van der Waals surface area contributed by atoms with E-state index in [9.17, 15) is 0 Å². The zero-order chi connectivity index (χ0) is 19.2. The van der Waals surface area contributed by atoms with Gasteiger partial charge in [0, 0.05) is 11.6 Å². The SMILES string of the molecule is Cc1ccc(C(C)C)cc1-c1c2ccc([Si]3(C)CCCC3)cc2cc[n+]1C. The lowest BCUT2D eigenvalue weighted by Gasteiger charge is -2.22. The molecule has 2 heterocycles. The third-order valence-electron chi connectivity index (χ3n) is 6.72. The first-order chi connectivity index (χ1) is 12.9. The maximum Gasteiger partial charge on any atom is 0.220 e. The van der Waals surface area contributed by atoms with Gasteiger partial charge in [-0.3, -0.25) is 0 Å². The van der Waals surface area contributed by atoms with Gasteiger partial charge < -0.3 is 0 Å². The Morgan fingerprint density at radius 1 is 0.963 bits per heavy atom. The first kappa shape index (κ1) is 18.4. The van der Waals surface area contributed by atoms with Crippen LogP contribution in [0.2, 0.25) is 18.6 Å². The van der Waals surface area contributed by atoms with Crippen LogP contribution >= 0.6 is 0 Å². The van der Waals surface area contributed by atoms with Crippen LogP contribution in [0.5, 0.6) is 0 Å². The summed E-state index contributed by atoms with van der Waals surface area (Å²) in [5, 5.41) is 4.43. The minimum Gasteiger partial charge on any atom is -0.200 e. The van der Waals surface area contributed by atoms with Gasteiger partial charge in [0.05, 0.1) is 13.5 Å². The average molecular weight is 375 g/mol. The molecule has 1 saturated heterocycles. The molecule has 1 aliphatic heterocycles. The number of rotatable bonds is 3. The fourth-order valence-electron chi connectivity index (χ4n) is 4.78. The molecule has 1 aromatic heterocycles. The molecule has 1 aliphatic rings. The molecule has 3 aromatic rings. The molecule has 0 unspecified atom stereocenters. The molecule has 0 atom stereocenters. The van der Waals surface area contributed by atoms with Crippen molar-refractivity contribution >= 4 is 24.0 Å². The minimum atomic E-state index is -1.23. The maximum absolute atomic E-state index is 2.58. The van der Waals surface area contributed by atoms with Crippen molar-refractivity contribution < 1.29 is 4.57 Å². The molecule has 2 aromatic carbocycles. The van der Waals surface area contributed by atoms with E-state index in [0.717, 1.165) is 0 Å². The van der Waals surface area contributed by atoms with E-state index in [0.29, 0.717) is 5.92 Å². The fourth-order valence-corrected chi connectivity index (χ4v) is 8.66. The standard InChI is InChI=1S/C25H32NSi/c1-18(2)20-9-8-19(3)24(17-20)25-23-11-10-22(27(5)14-6-7-15-27)16-21(23)12-13-26(25)4/h8-13,16-18H,6-7,14-15H2,1-5H3/q+1. The highest BCUT2D eigenvalue weighted by molar-refractivity contribution is 6.91. The lowest BCUT2D eigenvalue weighted by Crippen LogP contribution is -2.41. The number of fused-ring (bicyclic) bond motifs is 1. The lowest BCUT2D eigenvalue weighted by molar-refractivity contribution is -0.659. The summed E-state index contributed by atoms with van der Waals surface area (Å²) >= 11 is 0. The van der Waals surface area contributed by atoms with Crippen molar-refractivity contribution in [3.8, 4) is 11.3 Å². The van der Waals surface area contributed by atoms with E-state index in [1.807, 2.05) is 0 Å². The molecule has 2 heteroatoms. The van der Waals surface area contributed by atoms with E-state index >= 15 is 0 Å². The van der Waals surface area contributed by atoms with Gasteiger partial charge in [-0.2, -0.15) is 0 Å². The van der Waals surface area contributed by atoms with Crippen LogP contribution in [0.4, 0.5) is 0 Å². The number of hydrogen-bond acceptors (Lipinski definition) is 0. The highest BCUT2D eigenvalue weighted by atomic mass is 28.3. The van der Waals surface area contributed by atoms with Crippen molar-refractivity contribution in [3.63, 3.8) is 0 Å². The van der Waals surface area contributed by atoms with Crippen molar-refractivity contribution in [2.45, 2.75) is 58.2 Å². The number of aryl methyl sites for hydroxylation is 2. The number of nitrogens with zero attached hydrogens (tertiary/aromatic N) is 1. The molecule has 0 amide bonds. The summed E-state index contributed by atoms with van der Waals surface area (Å²) in [6.45, 7) is 9.37. The van der Waals surface area contributed by atoms with Crippen LogP contribution in [0.1, 0.15) is 43.7 Å². The van der Waals surface area contributed by atoms with Crippen molar-refractivity contribution in [3.05, 3.63) is 59.8 Å². The zero-order valence-corrected chi connectivity index (χ0v) is 18.5. The largest absolute Gasteiger partial charge is 0.220 e. The predicted molar refractivity (Wildman–Crippen MR) is 119 cm³/mol. The predicted octanol–water partition coefficient (Wildman–Crippen LogP) is 5.84. The summed E-state index contributed by atoms with van der Waals surface area (Å²) in [4.78, 5) is 0. The van der Waals surface area contributed by atoms with Crippen molar-refractivity contribution in [1.29, 1.82) is 0 Å². The molecular formula is C25H32NSi+. The Bertz CT molecular complexity index is 997. The van der Waals surface area contributed by atoms with E-state index < -0.39 is 8.07 Å². The van der Waals surface area contributed by atoms with Gasteiger partial charge in [0.1, 0.15) is 7.05 Å². The Balaban J connectivity index is 1.91. The Morgan fingerprint density at radius 3 is 2.41 bits per heavy atom. The van der Waals surface area contributed by atoms with Gasteiger partial charge in [-0.15, -0.1) is 0 Å². The van der Waals surface area contributed by atoms with Crippen molar-refractivity contribution in [2.75, 3.05) is 0 Å². The normalized spacial score (nSPS) is 16.4. The van der Waals surface area contributed by atoms with Gasteiger partial charge in [-0.25, -0.2) is 4.57 Å². The van der Waals surface area contributed by atoms with E-state index in [2.05, 4.69) is 87.6 Å². The lowest BCUT2D eigenvalue weighted by atomic mass is 9.94. The van der Waals surface area contributed by atoms with E-state index in [1.54, 1.807) is 5.19 Å². The molecule has 1 fully saturated rings. The van der Waals surface area contributed by atoms with Gasteiger partial charge in [-0.05, 0) is 41.5 Å². The highest BCUT2D eigenvalue weighted by Crippen LogP contribution is 2.33. The second-order valence-electron chi connectivity index (χ2n) is 9.07. The fraction of sp³-hybridized carbons (Fsp3) is 0.400. The van der Waals surface area contributed by atoms with Crippen LogP contribution in [-0.2, 0) is 7.05 Å². The highest BCUT2D eigenvalue weighted by Gasteiger charge is 2.33. The Morgan fingerprint density at radius 2 is 1.70 bits per heavy atom. The van der Waals surface area contributed by atoms with Crippen LogP contribution < -0.4 is 9.75 Å². The topological polar surface area (TPSA) is 3.88 Å². The van der Waals surface area contributed by atoms with Gasteiger partial charge in [-0.1, -0.05) is 74.8 Å². The van der Waals surface area contributed by atoms with Crippen LogP contribution in [0.15, 0.2) is 48.7 Å². The summed E-state index contributed by atoms with van der Waals surface area (Å²) < 4.78 is 2.29. The molecule has 0 saturated carbocycles. The zero-order valence-electron chi connectivity index (χ0n) is 17.5. The molecule has 4 rings (SSSR count). The first-order valence-electron chi connectivity index (χ1n) is 10.4. The summed E-state index contributed by atoms with van der Waals surface area (Å²) in [5.41, 5.74) is 5.47. The Labute approximate surface area is 165 Å². The maximum atomic E-state index is 2.58. The molecule has 27 heavy (non-hydrogen) atoms. The van der Waals surface area contributed by atoms with Crippen molar-refractivity contribution in [2.24, 2.45) is 7.05 Å². The smallest absolute Gasteiger partial charge is 0.200 e. The molecule has 0 aliphatic carbocycles. The van der Waals surface area contributed by atoms with Crippen LogP contribution in [0.3, 0.4) is 0 Å². The number of benzene rings is 2. The quantitative estimate of drug-likeness (QED) is 0.400. The number of hydrogen-bond donors (Lipinski definition) is 0. The third-order valence-corrected chi connectivity index (χ3v) is 11.3. The Kier molecular flexibility index (Phi) is 4.71. The van der Waals surface area contributed by atoms with E-state index in [1.165, 1.54) is 58.1 Å². The molecule has 140 valence electrons. The van der Waals surface area contributed by atoms with Crippen LogP contribution in [0.25, 0.3) is 22.0 Å². The molecule has 0 radical (unpaired) electrons. The monoisotopic (exact) mass is 374 g/mol. The second-order valence-corrected chi connectivity index (χ2v) is 13.8. The molecule has 0 spiro atoms. The van der Waals surface area contributed by atoms with Gasteiger partial charge in [0.2, 0.25) is 5.69 Å². The van der Waals surface area contributed by atoms with Gasteiger partial charge >= 0.3 is 0 Å². The van der Waals surface area contributed by atoms with E-state index in [-0.39, 0.29) is 0 Å². The second kappa shape index (κ2) is 6.90. The molecular weight excluding hydrogens is 342 g/mol. The average Bonchev–Trinajstić information content (AvgIpc) is 3.10. The summed E-state index contributed by atoms with van der Waals surface area (Å²) in [6, 6.07) is 19.5. The van der Waals surface area contributed by atoms with Gasteiger partial charge in [0.25, 0.3) is 0 Å². The summed E-state index contributed by atoms with van der Waals surface area (Å²) in [7, 11) is 0.946. The van der Waals surface area contributed by atoms with Crippen molar-refractivity contribution in [1.82, 2.24) is 0 Å². The number of pyridine rings is 1. The third kappa shape index (κ3) is 3.25. The van der Waals surface area contributed by atoms with Crippen LogP contribution in [0, 0.1) is 6.92 Å². The first-order valence-corrected chi connectivity index (χ1v) is 13.3. The number of aromatic nitrogens is 1. The minimum absolute atomic E-state index is 0.546. The molecule has 0 bridgehead atoms. The Hall–Kier alpha value is -1.93. The van der Waals surface area contributed by atoms with Gasteiger partial charge in [0.15, 0.2) is 6.20 Å². The van der Waals surface area contributed by atoms with Crippen LogP contribution in [-0.4, -0.2) is 8.07 Å². The summed E-state index contributed by atoms with van der Waals surface area (Å²) in [5.74, 6) is 0.546. The molecule has 1 nitrogen and oxygen atoms in total. The molecule has 0 N–H and O–H groups in total. The van der Waals surface area contributed by atoms with E-state index in [4.69, 9.17) is 0 Å².